The van der Waals surface area contributed by atoms with E-state index in [1.807, 2.05) is 42.5 Å². The van der Waals surface area contributed by atoms with Crippen LogP contribution in [0.1, 0.15) is 18.4 Å². The fourth-order valence-corrected chi connectivity index (χ4v) is 2.67. The van der Waals surface area contributed by atoms with Crippen LogP contribution >= 0.6 is 15.9 Å². The van der Waals surface area contributed by atoms with Gasteiger partial charge in [-0.15, -0.1) is 0 Å². The largest absolute Gasteiger partial charge is 0.461 e. The molecule has 26 heavy (non-hydrogen) atoms. The van der Waals surface area contributed by atoms with Crippen LogP contribution in [0.2, 0.25) is 0 Å². The third-order valence-corrected chi connectivity index (χ3v) is 4.11. The standard InChI is InChI=1S/C18H16BrF3O4/c19-10-15(18(20,21)22)26-17(24)8-7-16(23)25-11-12-5-6-13-3-1-2-4-14(13)9-12/h1-6,9,15H,7-8,10-11H2. The molecule has 0 N–H and O–H groups in total. The Kier molecular flexibility index (Phi) is 7.02. The molecule has 0 aliphatic rings. The van der Waals surface area contributed by atoms with E-state index in [1.165, 1.54) is 0 Å². The smallest absolute Gasteiger partial charge is 0.426 e. The van der Waals surface area contributed by atoms with Gasteiger partial charge < -0.3 is 9.47 Å². The van der Waals surface area contributed by atoms with E-state index >= 15 is 0 Å². The van der Waals surface area contributed by atoms with E-state index in [0.717, 1.165) is 16.3 Å². The minimum Gasteiger partial charge on any atom is -0.461 e. The molecule has 140 valence electrons. The van der Waals surface area contributed by atoms with Crippen molar-refractivity contribution in [3.63, 3.8) is 0 Å². The van der Waals surface area contributed by atoms with Crippen molar-refractivity contribution < 1.29 is 32.2 Å². The second-order valence-electron chi connectivity index (χ2n) is 5.52. The first-order valence-corrected chi connectivity index (χ1v) is 8.87. The highest BCUT2D eigenvalue weighted by molar-refractivity contribution is 9.09. The zero-order valence-corrected chi connectivity index (χ0v) is 15.2. The summed E-state index contributed by atoms with van der Waals surface area (Å²) in [7, 11) is 0. The number of hydrogen-bond donors (Lipinski definition) is 0. The fraction of sp³-hybridized carbons (Fsp3) is 0.333. The molecule has 0 saturated carbocycles. The van der Waals surface area contributed by atoms with E-state index in [2.05, 4.69) is 20.7 Å². The monoisotopic (exact) mass is 432 g/mol. The lowest BCUT2D eigenvalue weighted by atomic mass is 10.1. The van der Waals surface area contributed by atoms with Gasteiger partial charge in [0.1, 0.15) is 6.61 Å². The van der Waals surface area contributed by atoms with E-state index in [4.69, 9.17) is 4.74 Å². The average Bonchev–Trinajstić information content (AvgIpc) is 2.61. The molecular formula is C18H16BrF3O4. The zero-order valence-electron chi connectivity index (χ0n) is 13.6. The van der Waals surface area contributed by atoms with Gasteiger partial charge in [-0.2, -0.15) is 13.2 Å². The maximum Gasteiger partial charge on any atom is 0.426 e. The number of carbonyl (C=O) groups excluding carboxylic acids is 2. The average molecular weight is 433 g/mol. The van der Waals surface area contributed by atoms with Crippen molar-refractivity contribution >= 4 is 38.6 Å². The quantitative estimate of drug-likeness (QED) is 0.476. The van der Waals surface area contributed by atoms with Gasteiger partial charge in [0.25, 0.3) is 0 Å². The van der Waals surface area contributed by atoms with Gasteiger partial charge >= 0.3 is 18.1 Å². The highest BCUT2D eigenvalue weighted by Crippen LogP contribution is 2.25. The minimum absolute atomic E-state index is 0.0191. The minimum atomic E-state index is -4.66. The lowest BCUT2D eigenvalue weighted by Crippen LogP contribution is -2.35. The second kappa shape index (κ2) is 9.02. The fourth-order valence-electron chi connectivity index (χ4n) is 2.17. The van der Waals surface area contributed by atoms with Crippen molar-refractivity contribution in [1.82, 2.24) is 0 Å². The molecule has 2 aromatic rings. The number of hydrogen-bond acceptors (Lipinski definition) is 4. The summed E-state index contributed by atoms with van der Waals surface area (Å²) in [6.07, 6.45) is -7.71. The lowest BCUT2D eigenvalue weighted by Gasteiger charge is -2.18. The Bertz CT molecular complexity index is 776. The maximum absolute atomic E-state index is 12.5. The predicted molar refractivity (Wildman–Crippen MR) is 92.7 cm³/mol. The summed E-state index contributed by atoms with van der Waals surface area (Å²) in [5.74, 6) is -1.79. The van der Waals surface area contributed by atoms with Gasteiger partial charge in [0.2, 0.25) is 6.10 Å². The summed E-state index contributed by atoms with van der Waals surface area (Å²) in [4.78, 5) is 23.1. The van der Waals surface area contributed by atoms with Crippen LogP contribution in [-0.4, -0.2) is 29.5 Å². The van der Waals surface area contributed by atoms with E-state index in [0.29, 0.717) is 0 Å². The normalized spacial score (nSPS) is 12.6. The van der Waals surface area contributed by atoms with Crippen molar-refractivity contribution in [2.24, 2.45) is 0 Å². The van der Waals surface area contributed by atoms with Crippen molar-refractivity contribution in [3.8, 4) is 0 Å². The molecule has 0 bridgehead atoms. The predicted octanol–water partition coefficient (Wildman–Crippen LogP) is 4.53. The number of ether oxygens (including phenoxy) is 2. The number of carbonyl (C=O) groups is 2. The van der Waals surface area contributed by atoms with Crippen molar-refractivity contribution in [1.29, 1.82) is 0 Å². The summed E-state index contributed by atoms with van der Waals surface area (Å²) >= 11 is 2.64. The van der Waals surface area contributed by atoms with Crippen LogP contribution < -0.4 is 0 Å². The molecule has 0 amide bonds. The number of benzene rings is 2. The molecule has 0 heterocycles. The molecule has 1 atom stereocenters. The van der Waals surface area contributed by atoms with Crippen LogP contribution in [0.4, 0.5) is 13.2 Å². The molecule has 0 spiro atoms. The van der Waals surface area contributed by atoms with Gasteiger partial charge in [-0.25, -0.2) is 0 Å². The Morgan fingerprint density at radius 1 is 1.00 bits per heavy atom. The molecule has 0 aliphatic heterocycles. The summed E-state index contributed by atoms with van der Waals surface area (Å²) in [6.45, 7) is 0.0191. The molecule has 8 heteroatoms. The van der Waals surface area contributed by atoms with Crippen molar-refractivity contribution in [3.05, 3.63) is 48.0 Å². The molecule has 0 radical (unpaired) electrons. The SMILES string of the molecule is O=C(CCC(=O)OC(CBr)C(F)(F)F)OCc1ccc2ccccc2c1. The maximum atomic E-state index is 12.5. The van der Waals surface area contributed by atoms with Gasteiger partial charge in [-0.3, -0.25) is 9.59 Å². The first kappa shape index (κ1) is 20.2. The van der Waals surface area contributed by atoms with Crippen molar-refractivity contribution in [2.45, 2.75) is 31.7 Å². The Morgan fingerprint density at radius 3 is 2.31 bits per heavy atom. The number of esters is 2. The molecule has 4 nitrogen and oxygen atoms in total. The van der Waals surface area contributed by atoms with E-state index in [9.17, 15) is 22.8 Å². The van der Waals surface area contributed by atoms with Gasteiger partial charge in [0.15, 0.2) is 0 Å². The Labute approximate surface area is 156 Å². The third-order valence-electron chi connectivity index (χ3n) is 3.53. The zero-order chi connectivity index (χ0) is 19.2. The van der Waals surface area contributed by atoms with Gasteiger partial charge in [-0.1, -0.05) is 52.3 Å². The van der Waals surface area contributed by atoms with Crippen LogP contribution in [0, 0.1) is 0 Å². The van der Waals surface area contributed by atoms with Crippen LogP contribution in [0.25, 0.3) is 10.8 Å². The van der Waals surface area contributed by atoms with Crippen LogP contribution in [-0.2, 0) is 25.7 Å². The Morgan fingerprint density at radius 2 is 1.65 bits per heavy atom. The van der Waals surface area contributed by atoms with Crippen molar-refractivity contribution in [2.75, 3.05) is 5.33 Å². The summed E-state index contributed by atoms with van der Waals surface area (Å²) in [5.41, 5.74) is 0.774. The first-order chi connectivity index (χ1) is 12.3. The summed E-state index contributed by atoms with van der Waals surface area (Å²) in [6, 6.07) is 13.3. The summed E-state index contributed by atoms with van der Waals surface area (Å²) in [5, 5.41) is 1.49. The van der Waals surface area contributed by atoms with Crippen LogP contribution in [0.5, 0.6) is 0 Å². The molecule has 0 aliphatic carbocycles. The molecule has 2 aromatic carbocycles. The molecule has 0 saturated heterocycles. The number of alkyl halides is 4. The highest BCUT2D eigenvalue weighted by atomic mass is 79.9. The second-order valence-corrected chi connectivity index (χ2v) is 6.16. The number of halogens is 4. The van der Waals surface area contributed by atoms with Gasteiger partial charge in [-0.05, 0) is 22.4 Å². The molecule has 2 rings (SSSR count). The highest BCUT2D eigenvalue weighted by Gasteiger charge is 2.42. The molecule has 1 unspecified atom stereocenters. The molecule has 0 fully saturated rings. The van der Waals surface area contributed by atoms with E-state index in [1.54, 1.807) is 0 Å². The Balaban J connectivity index is 1.78. The Hall–Kier alpha value is -2.09. The topological polar surface area (TPSA) is 52.6 Å². The number of fused-ring (bicyclic) bond motifs is 1. The third kappa shape index (κ3) is 6.01. The van der Waals surface area contributed by atoms with Crippen LogP contribution in [0.3, 0.4) is 0 Å². The van der Waals surface area contributed by atoms with E-state index < -0.39 is 36.0 Å². The van der Waals surface area contributed by atoms with E-state index in [-0.39, 0.29) is 13.0 Å². The molecular weight excluding hydrogens is 417 g/mol. The summed E-state index contributed by atoms with van der Waals surface area (Å²) < 4.78 is 46.9. The first-order valence-electron chi connectivity index (χ1n) is 7.75. The van der Waals surface area contributed by atoms with Gasteiger partial charge in [0.05, 0.1) is 12.8 Å². The van der Waals surface area contributed by atoms with Gasteiger partial charge in [0, 0.05) is 5.33 Å². The molecule has 0 aromatic heterocycles. The number of rotatable bonds is 7. The van der Waals surface area contributed by atoms with Crippen LogP contribution in [0.15, 0.2) is 42.5 Å². The lowest BCUT2D eigenvalue weighted by molar-refractivity contribution is -0.214.